The molecule has 2 aromatic carbocycles. The molecule has 2 N–H and O–H groups in total. The Morgan fingerprint density at radius 3 is 2.42 bits per heavy atom. The van der Waals surface area contributed by atoms with Gasteiger partial charge in [-0.2, -0.15) is 19.0 Å². The Labute approximate surface area is 301 Å². The zero-order valence-electron chi connectivity index (χ0n) is 28.6. The number of amides is 1. The van der Waals surface area contributed by atoms with E-state index in [1.807, 2.05) is 20.8 Å². The smallest absolute Gasteiger partial charge is 0.333 e. The Kier molecular flexibility index (Phi) is 8.91. The highest BCUT2D eigenvalue weighted by atomic mass is 35.5. The second-order valence-corrected chi connectivity index (χ2v) is 15.4. The molecule has 1 aliphatic heterocycles. The van der Waals surface area contributed by atoms with Crippen LogP contribution in [0.4, 0.5) is 17.6 Å². The van der Waals surface area contributed by atoms with Crippen molar-refractivity contribution >= 4 is 29.4 Å². The van der Waals surface area contributed by atoms with Crippen LogP contribution in [0.5, 0.6) is 0 Å². The van der Waals surface area contributed by atoms with Crippen LogP contribution >= 0.6 is 11.6 Å². The lowest BCUT2D eigenvalue weighted by molar-refractivity contribution is -0.148. The Hall–Kier alpha value is -4.79. The number of alkyl halides is 4. The van der Waals surface area contributed by atoms with Crippen molar-refractivity contribution in [2.75, 3.05) is 6.61 Å². The Morgan fingerprint density at radius 1 is 1.08 bits per heavy atom. The first-order valence-corrected chi connectivity index (χ1v) is 17.2. The van der Waals surface area contributed by atoms with Crippen LogP contribution in [0.25, 0.3) is 16.8 Å². The maximum absolute atomic E-state index is 15.0. The highest BCUT2D eigenvalue weighted by Gasteiger charge is 2.63. The molecule has 4 aromatic rings. The van der Waals surface area contributed by atoms with E-state index in [2.05, 4.69) is 15.2 Å². The number of nitrogens with two attached hydrogens (primary N) is 1. The molecule has 0 bridgehead atoms. The summed E-state index contributed by atoms with van der Waals surface area (Å²) in [6.07, 6.45) is 4.26. The standard InChI is InChI=1S/C36H37ClF4N8O3/c1-34(2,3)18-36(23-7-4-20(5-8-23)22-15-44-47(16-22)32(40)41)31(51)48(33(42)46-36)27(17-52-28(50)13-24-14-35(24)10-11-35)21-6-9-25(37)26(12-21)49-30(29(38)39)43-19-45-49/h4-9,12,15-16,19,24,27,29,32H,10-11,13-14,17-18H2,1-3H3,(H2,42,46)/t24-,27+,36+/m0/s1. The first-order valence-electron chi connectivity index (χ1n) is 16.9. The topological polar surface area (TPSA) is 134 Å². The van der Waals surface area contributed by atoms with Crippen molar-refractivity contribution in [3.05, 3.63) is 83.2 Å². The quantitative estimate of drug-likeness (QED) is 0.118. The van der Waals surface area contributed by atoms with Crippen molar-refractivity contribution in [3.63, 3.8) is 0 Å². The van der Waals surface area contributed by atoms with Crippen LogP contribution in [0.15, 0.2) is 66.2 Å². The molecule has 1 spiro atoms. The number of nitrogens with zero attached hydrogens (tertiary/aromatic N) is 7. The molecular weight excluding hydrogens is 704 g/mol. The normalized spacial score (nSPS) is 21.3. The van der Waals surface area contributed by atoms with Crippen molar-refractivity contribution in [2.45, 2.75) is 77.4 Å². The zero-order valence-corrected chi connectivity index (χ0v) is 29.4. The molecule has 0 radical (unpaired) electrons. The fraction of sp³-hybridized carbons (Fsp3) is 0.444. The van der Waals surface area contributed by atoms with E-state index in [4.69, 9.17) is 27.1 Å². The number of aromatic nitrogens is 5. The van der Waals surface area contributed by atoms with Gasteiger partial charge in [0.2, 0.25) is 0 Å². The number of esters is 1. The van der Waals surface area contributed by atoms with Crippen LogP contribution in [0, 0.1) is 16.7 Å². The van der Waals surface area contributed by atoms with Gasteiger partial charge in [-0.1, -0.05) is 62.7 Å². The lowest BCUT2D eigenvalue weighted by Gasteiger charge is -2.35. The van der Waals surface area contributed by atoms with Crippen molar-refractivity contribution < 1.29 is 31.9 Å². The van der Waals surface area contributed by atoms with Crippen LogP contribution in [-0.2, 0) is 19.9 Å². The zero-order chi connectivity index (χ0) is 37.2. The fourth-order valence-corrected chi connectivity index (χ4v) is 7.53. The second kappa shape index (κ2) is 13.0. The number of hydrogen-bond acceptors (Lipinski definition) is 8. The molecule has 3 heterocycles. The summed E-state index contributed by atoms with van der Waals surface area (Å²) in [5.41, 5.74) is 6.94. The molecule has 274 valence electrons. The van der Waals surface area contributed by atoms with Gasteiger partial charge in [0.15, 0.2) is 17.3 Å². The van der Waals surface area contributed by atoms with E-state index < -0.39 is 47.7 Å². The first-order chi connectivity index (χ1) is 24.6. The number of guanidine groups is 1. The summed E-state index contributed by atoms with van der Waals surface area (Å²) in [5, 5.41) is 7.76. The third kappa shape index (κ3) is 6.66. The molecule has 1 amide bonds. The second-order valence-electron chi connectivity index (χ2n) is 15.0. The molecule has 16 heteroatoms. The predicted octanol–water partition coefficient (Wildman–Crippen LogP) is 7.38. The molecule has 2 saturated carbocycles. The summed E-state index contributed by atoms with van der Waals surface area (Å²) in [4.78, 5) is 37.8. The lowest BCUT2D eigenvalue weighted by Crippen LogP contribution is -2.47. The summed E-state index contributed by atoms with van der Waals surface area (Å²) in [6, 6.07) is 10.3. The van der Waals surface area contributed by atoms with Crippen molar-refractivity contribution in [3.8, 4) is 16.8 Å². The Bertz CT molecular complexity index is 2040. The molecule has 3 aliphatic rings. The SMILES string of the molecule is CC(C)(C)C[C@]1(c2ccc(-c3cnn(C(F)F)c3)cc2)N=C(N)N([C@H](COC(=O)C[C@H]2CC23CC3)c2ccc(Cl)c(-n3ncnc3C(F)F)c2)C1=O. The predicted molar refractivity (Wildman–Crippen MR) is 183 cm³/mol. The molecule has 2 fully saturated rings. The summed E-state index contributed by atoms with van der Waals surface area (Å²) in [5.74, 6) is -1.41. The van der Waals surface area contributed by atoms with Gasteiger partial charge >= 0.3 is 12.5 Å². The van der Waals surface area contributed by atoms with Gasteiger partial charge in [0.1, 0.15) is 12.9 Å². The van der Waals surface area contributed by atoms with E-state index in [0.29, 0.717) is 26.9 Å². The van der Waals surface area contributed by atoms with E-state index in [1.54, 1.807) is 30.3 Å². The molecule has 3 atom stereocenters. The monoisotopic (exact) mass is 740 g/mol. The third-order valence-corrected chi connectivity index (χ3v) is 10.5. The van der Waals surface area contributed by atoms with E-state index >= 15 is 0 Å². The first kappa shape index (κ1) is 35.6. The van der Waals surface area contributed by atoms with Gasteiger partial charge in [-0.25, -0.2) is 28.1 Å². The average molecular weight is 741 g/mol. The molecular formula is C36H37ClF4N8O3. The largest absolute Gasteiger partial charge is 0.463 e. The van der Waals surface area contributed by atoms with Crippen LogP contribution in [0.2, 0.25) is 5.02 Å². The van der Waals surface area contributed by atoms with E-state index in [1.165, 1.54) is 29.4 Å². The van der Waals surface area contributed by atoms with Crippen LogP contribution in [0.1, 0.15) is 88.8 Å². The maximum Gasteiger partial charge on any atom is 0.333 e. The molecule has 2 aliphatic carbocycles. The number of carbonyl (C=O) groups is 2. The van der Waals surface area contributed by atoms with Gasteiger partial charge in [0.05, 0.1) is 22.9 Å². The molecule has 0 saturated heterocycles. The number of ether oxygens (including phenoxy) is 1. The van der Waals surface area contributed by atoms with Crippen LogP contribution in [0.3, 0.4) is 0 Å². The van der Waals surface area contributed by atoms with Crippen LogP contribution in [-0.4, -0.2) is 53.9 Å². The molecule has 7 rings (SSSR count). The molecule has 11 nitrogen and oxygen atoms in total. The van der Waals surface area contributed by atoms with Gasteiger partial charge < -0.3 is 10.5 Å². The Balaban J connectivity index is 1.26. The van der Waals surface area contributed by atoms with E-state index in [0.717, 1.165) is 30.3 Å². The van der Waals surface area contributed by atoms with E-state index in [9.17, 15) is 27.2 Å². The van der Waals surface area contributed by atoms with Crippen molar-refractivity contribution in [1.29, 1.82) is 0 Å². The van der Waals surface area contributed by atoms with Gasteiger partial charge in [0.25, 0.3) is 12.3 Å². The average Bonchev–Trinajstić information content (AvgIpc) is 3.75. The number of hydrogen-bond donors (Lipinski definition) is 1. The van der Waals surface area contributed by atoms with E-state index in [-0.39, 0.29) is 47.5 Å². The number of benzene rings is 2. The number of carbonyl (C=O) groups excluding carboxylic acids is 2. The minimum absolute atomic E-state index is 0.0748. The van der Waals surface area contributed by atoms with Gasteiger partial charge in [-0.05, 0) is 71.3 Å². The third-order valence-electron chi connectivity index (χ3n) is 10.1. The number of aliphatic imine (C=N–C) groups is 1. The minimum atomic E-state index is -2.95. The lowest BCUT2D eigenvalue weighted by atomic mass is 9.75. The van der Waals surface area contributed by atoms with Gasteiger partial charge in [0, 0.05) is 18.2 Å². The summed E-state index contributed by atoms with van der Waals surface area (Å²) < 4.78 is 61.4. The fourth-order valence-electron chi connectivity index (χ4n) is 7.34. The van der Waals surface area contributed by atoms with Crippen molar-refractivity contribution in [1.82, 2.24) is 29.4 Å². The highest BCUT2D eigenvalue weighted by Crippen LogP contribution is 2.71. The highest BCUT2D eigenvalue weighted by molar-refractivity contribution is 6.32. The molecule has 2 aromatic heterocycles. The summed E-state index contributed by atoms with van der Waals surface area (Å²) >= 11 is 6.49. The Morgan fingerprint density at radius 2 is 1.81 bits per heavy atom. The molecule has 0 unspecified atom stereocenters. The minimum Gasteiger partial charge on any atom is -0.463 e. The van der Waals surface area contributed by atoms with Gasteiger partial charge in [-0.3, -0.25) is 14.5 Å². The summed E-state index contributed by atoms with van der Waals surface area (Å²) in [7, 11) is 0. The number of rotatable bonds is 12. The number of halogens is 5. The van der Waals surface area contributed by atoms with Crippen molar-refractivity contribution in [2.24, 2.45) is 27.5 Å². The van der Waals surface area contributed by atoms with Gasteiger partial charge in [-0.15, -0.1) is 0 Å². The molecule has 52 heavy (non-hydrogen) atoms. The summed E-state index contributed by atoms with van der Waals surface area (Å²) in [6.45, 7) is 2.77. The maximum atomic E-state index is 15.0. The van der Waals surface area contributed by atoms with Crippen LogP contribution < -0.4 is 5.73 Å².